The van der Waals surface area contributed by atoms with E-state index in [0.717, 1.165) is 28.8 Å². The fourth-order valence-corrected chi connectivity index (χ4v) is 3.46. The number of pyridine rings is 1. The number of aromatic nitrogens is 5. The molecule has 4 heterocycles. The third-order valence-electron chi connectivity index (χ3n) is 5.22. The third-order valence-corrected chi connectivity index (χ3v) is 5.22. The van der Waals surface area contributed by atoms with Crippen LogP contribution >= 0.6 is 0 Å². The first kappa shape index (κ1) is 22.3. The van der Waals surface area contributed by atoms with Crippen LogP contribution in [0.15, 0.2) is 72.5 Å². The van der Waals surface area contributed by atoms with Crippen molar-refractivity contribution in [1.82, 2.24) is 24.9 Å². The predicted octanol–water partition coefficient (Wildman–Crippen LogP) is 3.49. The molecule has 0 amide bonds. The molecule has 0 bridgehead atoms. The van der Waals surface area contributed by atoms with Crippen molar-refractivity contribution in [3.63, 3.8) is 0 Å². The molecule has 0 saturated carbocycles. The lowest BCUT2D eigenvalue weighted by Crippen LogP contribution is -2.37. The maximum absolute atomic E-state index is 14.1. The molecule has 11 heteroatoms. The Labute approximate surface area is 201 Å². The second-order valence-corrected chi connectivity index (χ2v) is 7.60. The number of anilines is 4. The van der Waals surface area contributed by atoms with Crippen molar-refractivity contribution in [2.45, 2.75) is 0 Å². The smallest absolute Gasteiger partial charge is 0.245 e. The van der Waals surface area contributed by atoms with Crippen LogP contribution in [0.1, 0.15) is 5.69 Å². The van der Waals surface area contributed by atoms with E-state index in [4.69, 9.17) is 4.74 Å². The average Bonchev–Trinajstić information content (AvgIpc) is 2.92. The van der Waals surface area contributed by atoms with Crippen LogP contribution in [0.2, 0.25) is 0 Å². The van der Waals surface area contributed by atoms with Gasteiger partial charge in [0, 0.05) is 36.7 Å². The molecule has 35 heavy (non-hydrogen) atoms. The summed E-state index contributed by atoms with van der Waals surface area (Å²) >= 11 is 0. The third kappa shape index (κ3) is 5.71. The van der Waals surface area contributed by atoms with Crippen LogP contribution in [-0.2, 0) is 4.74 Å². The number of hydrogen-bond donors (Lipinski definition) is 2. The minimum Gasteiger partial charge on any atom is -0.378 e. The molecule has 0 spiro atoms. The van der Waals surface area contributed by atoms with Gasteiger partial charge in [-0.25, -0.2) is 14.8 Å². The zero-order chi connectivity index (χ0) is 23.9. The van der Waals surface area contributed by atoms with Crippen LogP contribution in [-0.4, -0.2) is 57.4 Å². The second-order valence-electron chi connectivity index (χ2n) is 7.60. The highest BCUT2D eigenvalue weighted by atomic mass is 19.1. The summed E-state index contributed by atoms with van der Waals surface area (Å²) in [7, 11) is 0. The molecule has 5 rings (SSSR count). The molecular formula is C24H22FN9O. The Hall–Kier alpha value is -4.51. The number of hydrogen-bond acceptors (Lipinski definition) is 10. The molecule has 2 N–H and O–H groups in total. The van der Waals surface area contributed by atoms with E-state index in [9.17, 15) is 4.39 Å². The van der Waals surface area contributed by atoms with Crippen molar-refractivity contribution in [3.8, 4) is 11.3 Å². The quantitative estimate of drug-likeness (QED) is 0.309. The van der Waals surface area contributed by atoms with Crippen molar-refractivity contribution in [2.24, 2.45) is 5.10 Å². The number of nitrogens with zero attached hydrogens (tertiary/aromatic N) is 7. The maximum atomic E-state index is 14.1. The van der Waals surface area contributed by atoms with E-state index in [0.29, 0.717) is 32.0 Å². The first-order valence-electron chi connectivity index (χ1n) is 11.0. The van der Waals surface area contributed by atoms with Crippen LogP contribution < -0.4 is 15.6 Å². The fourth-order valence-electron chi connectivity index (χ4n) is 3.46. The van der Waals surface area contributed by atoms with E-state index in [-0.39, 0.29) is 11.8 Å². The zero-order valence-electron chi connectivity index (χ0n) is 18.7. The Morgan fingerprint density at radius 2 is 1.74 bits per heavy atom. The Balaban J connectivity index is 1.18. The van der Waals surface area contributed by atoms with E-state index in [1.54, 1.807) is 31.0 Å². The molecule has 1 aliphatic heterocycles. The molecule has 10 nitrogen and oxygen atoms in total. The van der Waals surface area contributed by atoms with E-state index < -0.39 is 5.82 Å². The van der Waals surface area contributed by atoms with Gasteiger partial charge in [0.05, 0.1) is 55.1 Å². The molecule has 1 saturated heterocycles. The molecule has 0 unspecified atom stereocenters. The summed E-state index contributed by atoms with van der Waals surface area (Å²) in [6.07, 6.45) is 9.43. The van der Waals surface area contributed by atoms with Crippen molar-refractivity contribution >= 4 is 29.4 Å². The van der Waals surface area contributed by atoms with Crippen LogP contribution in [0.5, 0.6) is 0 Å². The Morgan fingerprint density at radius 3 is 2.49 bits per heavy atom. The van der Waals surface area contributed by atoms with E-state index in [2.05, 4.69) is 40.8 Å². The van der Waals surface area contributed by atoms with Gasteiger partial charge in [0.1, 0.15) is 0 Å². The summed E-state index contributed by atoms with van der Waals surface area (Å²) in [5, 5.41) is 7.43. The van der Waals surface area contributed by atoms with Crippen LogP contribution in [0.4, 0.5) is 27.5 Å². The molecule has 4 aromatic rings. The van der Waals surface area contributed by atoms with Crippen molar-refractivity contribution in [3.05, 3.63) is 78.9 Å². The Morgan fingerprint density at radius 1 is 0.914 bits per heavy atom. The van der Waals surface area contributed by atoms with Gasteiger partial charge in [0.2, 0.25) is 5.95 Å². The minimum atomic E-state index is -0.477. The number of hydrazone groups is 1. The lowest BCUT2D eigenvalue weighted by molar-refractivity contribution is 0.122. The van der Waals surface area contributed by atoms with Crippen LogP contribution in [0, 0.1) is 5.82 Å². The van der Waals surface area contributed by atoms with Gasteiger partial charge in [-0.3, -0.25) is 15.0 Å². The SMILES string of the molecule is Fc1cnc(N/N=C/c2ccc(Nc3ccc(-c4cnccn4)cc3)cn2)nc1N1CCOCC1. The molecule has 1 aromatic carbocycles. The Bertz CT molecular complexity index is 1280. The van der Waals surface area contributed by atoms with E-state index in [1.807, 2.05) is 41.3 Å². The van der Waals surface area contributed by atoms with E-state index in [1.165, 1.54) is 0 Å². The summed E-state index contributed by atoms with van der Waals surface area (Å²) in [6, 6.07) is 11.6. The first-order valence-corrected chi connectivity index (χ1v) is 11.0. The van der Waals surface area contributed by atoms with Crippen LogP contribution in [0.25, 0.3) is 11.3 Å². The highest BCUT2D eigenvalue weighted by Gasteiger charge is 2.17. The summed E-state index contributed by atoms with van der Waals surface area (Å²) < 4.78 is 19.4. The lowest BCUT2D eigenvalue weighted by atomic mass is 10.1. The molecular weight excluding hydrogens is 449 g/mol. The molecule has 1 fully saturated rings. The number of ether oxygens (including phenoxy) is 1. The molecule has 0 aliphatic carbocycles. The molecule has 3 aromatic heterocycles. The van der Waals surface area contributed by atoms with Gasteiger partial charge in [0.25, 0.3) is 0 Å². The maximum Gasteiger partial charge on any atom is 0.245 e. The van der Waals surface area contributed by atoms with Crippen molar-refractivity contribution in [1.29, 1.82) is 0 Å². The molecule has 0 atom stereocenters. The predicted molar refractivity (Wildman–Crippen MR) is 131 cm³/mol. The minimum absolute atomic E-state index is 0.201. The average molecular weight is 472 g/mol. The fraction of sp³-hybridized carbons (Fsp3) is 0.167. The summed E-state index contributed by atoms with van der Waals surface area (Å²) in [6.45, 7) is 2.23. The van der Waals surface area contributed by atoms with Gasteiger partial charge in [0.15, 0.2) is 11.6 Å². The normalized spacial score (nSPS) is 13.7. The number of halogens is 1. The number of morpholine rings is 1. The number of nitrogens with one attached hydrogen (secondary N) is 2. The van der Waals surface area contributed by atoms with Crippen molar-refractivity contribution < 1.29 is 9.13 Å². The van der Waals surface area contributed by atoms with Crippen molar-refractivity contribution in [2.75, 3.05) is 41.9 Å². The molecule has 0 radical (unpaired) electrons. The van der Waals surface area contributed by atoms with Gasteiger partial charge >= 0.3 is 0 Å². The van der Waals surface area contributed by atoms with Gasteiger partial charge < -0.3 is 15.0 Å². The molecule has 1 aliphatic rings. The Kier molecular flexibility index (Phi) is 6.76. The largest absolute Gasteiger partial charge is 0.378 e. The first-order chi connectivity index (χ1) is 17.2. The number of rotatable bonds is 7. The number of benzene rings is 1. The molecule has 176 valence electrons. The second kappa shape index (κ2) is 10.6. The van der Waals surface area contributed by atoms with Gasteiger partial charge in [-0.05, 0) is 24.3 Å². The van der Waals surface area contributed by atoms with Gasteiger partial charge in [-0.1, -0.05) is 12.1 Å². The van der Waals surface area contributed by atoms with Gasteiger partial charge in [-0.2, -0.15) is 10.1 Å². The standard InChI is InChI=1S/C24H22FN9O/c25-21-15-29-24(32-23(21)34-9-11-35-12-10-34)33-30-14-19-5-6-20(13-28-19)31-18-3-1-17(2-4-18)22-16-26-7-8-27-22/h1-8,13-16,31H,9-12H2,(H,29,32,33)/b30-14+. The summed E-state index contributed by atoms with van der Waals surface area (Å²) in [5.41, 5.74) is 6.93. The topological polar surface area (TPSA) is 113 Å². The summed E-state index contributed by atoms with van der Waals surface area (Å²) in [4.78, 5) is 22.8. The zero-order valence-corrected chi connectivity index (χ0v) is 18.7. The summed E-state index contributed by atoms with van der Waals surface area (Å²) in [5.74, 6) is -0.0405. The van der Waals surface area contributed by atoms with Gasteiger partial charge in [-0.15, -0.1) is 0 Å². The monoisotopic (exact) mass is 471 g/mol. The highest BCUT2D eigenvalue weighted by molar-refractivity contribution is 5.78. The highest BCUT2D eigenvalue weighted by Crippen LogP contribution is 2.21. The van der Waals surface area contributed by atoms with Crippen LogP contribution in [0.3, 0.4) is 0 Å². The lowest BCUT2D eigenvalue weighted by Gasteiger charge is -2.27. The van der Waals surface area contributed by atoms with E-state index >= 15 is 0 Å².